The molecule has 0 atom stereocenters. The molecule has 104 valence electrons. The summed E-state index contributed by atoms with van der Waals surface area (Å²) < 4.78 is 65.5. The van der Waals surface area contributed by atoms with E-state index < -0.39 is 29.4 Å². The first kappa shape index (κ1) is 16.3. The SMILES string of the molecule is COC(=O)C(=CN(C)C)C(=O)C(F)(F)C(F)(F)F. The summed E-state index contributed by atoms with van der Waals surface area (Å²) in [5.74, 6) is -9.88. The molecule has 0 spiro atoms. The van der Waals surface area contributed by atoms with Crippen LogP contribution >= 0.6 is 0 Å². The van der Waals surface area contributed by atoms with Crippen molar-refractivity contribution in [3.8, 4) is 0 Å². The third-order valence-electron chi connectivity index (χ3n) is 1.68. The fraction of sp³-hybridized carbons (Fsp3) is 0.556. The van der Waals surface area contributed by atoms with Crippen LogP contribution < -0.4 is 0 Å². The molecule has 0 aromatic heterocycles. The van der Waals surface area contributed by atoms with Gasteiger partial charge < -0.3 is 9.64 Å². The summed E-state index contributed by atoms with van der Waals surface area (Å²) in [5, 5.41) is 0. The standard InChI is InChI=1S/C9H10F5NO3/c1-15(2)4-5(7(17)18-3)6(16)8(10,11)9(12,13)14/h4H,1-3H3. The Morgan fingerprint density at radius 3 is 1.83 bits per heavy atom. The van der Waals surface area contributed by atoms with Crippen molar-refractivity contribution in [2.45, 2.75) is 12.1 Å². The Morgan fingerprint density at radius 2 is 1.56 bits per heavy atom. The number of esters is 1. The molecule has 0 aromatic rings. The van der Waals surface area contributed by atoms with Crippen molar-refractivity contribution in [2.24, 2.45) is 0 Å². The van der Waals surface area contributed by atoms with Crippen molar-refractivity contribution in [3.05, 3.63) is 11.8 Å². The van der Waals surface area contributed by atoms with Crippen LogP contribution in [0.15, 0.2) is 11.8 Å². The fourth-order valence-corrected chi connectivity index (χ4v) is 0.870. The molecule has 18 heavy (non-hydrogen) atoms. The highest BCUT2D eigenvalue weighted by Crippen LogP contribution is 2.37. The van der Waals surface area contributed by atoms with Crippen LogP contribution in [0.2, 0.25) is 0 Å². The number of hydrogen-bond acceptors (Lipinski definition) is 4. The lowest BCUT2D eigenvalue weighted by molar-refractivity contribution is -0.266. The zero-order valence-electron chi connectivity index (χ0n) is 9.64. The van der Waals surface area contributed by atoms with Crippen molar-refractivity contribution in [3.63, 3.8) is 0 Å². The van der Waals surface area contributed by atoms with Gasteiger partial charge in [0, 0.05) is 20.3 Å². The van der Waals surface area contributed by atoms with Crippen molar-refractivity contribution in [1.29, 1.82) is 0 Å². The van der Waals surface area contributed by atoms with Gasteiger partial charge in [0.2, 0.25) is 5.78 Å². The highest BCUT2D eigenvalue weighted by molar-refractivity contribution is 6.20. The van der Waals surface area contributed by atoms with E-state index in [-0.39, 0.29) is 0 Å². The molecular formula is C9H10F5NO3. The van der Waals surface area contributed by atoms with Crippen molar-refractivity contribution in [1.82, 2.24) is 4.90 Å². The zero-order valence-corrected chi connectivity index (χ0v) is 9.64. The van der Waals surface area contributed by atoms with Gasteiger partial charge in [-0.05, 0) is 0 Å². The third-order valence-corrected chi connectivity index (χ3v) is 1.68. The van der Waals surface area contributed by atoms with Crippen LogP contribution in [-0.4, -0.2) is 50.0 Å². The average Bonchev–Trinajstić information content (AvgIpc) is 2.21. The maximum absolute atomic E-state index is 12.8. The monoisotopic (exact) mass is 275 g/mol. The van der Waals surface area contributed by atoms with E-state index in [1.165, 1.54) is 14.1 Å². The normalized spacial score (nSPS) is 13.2. The van der Waals surface area contributed by atoms with Crippen LogP contribution in [0.4, 0.5) is 22.0 Å². The highest BCUT2D eigenvalue weighted by Gasteiger charge is 2.64. The number of Topliss-reactive ketones (excluding diaryl/α,β-unsaturated/α-hetero) is 1. The lowest BCUT2D eigenvalue weighted by Gasteiger charge is -2.19. The van der Waals surface area contributed by atoms with Crippen molar-refractivity contribution >= 4 is 11.8 Å². The molecule has 0 aliphatic rings. The van der Waals surface area contributed by atoms with E-state index in [0.29, 0.717) is 6.20 Å². The Balaban J connectivity index is 5.56. The second kappa shape index (κ2) is 5.32. The third kappa shape index (κ3) is 3.41. The van der Waals surface area contributed by atoms with Gasteiger partial charge in [-0.25, -0.2) is 4.79 Å². The number of nitrogens with zero attached hydrogens (tertiary/aromatic N) is 1. The summed E-state index contributed by atoms with van der Waals surface area (Å²) in [6.45, 7) is 0. The summed E-state index contributed by atoms with van der Waals surface area (Å²) in [6, 6.07) is 0. The van der Waals surface area contributed by atoms with Gasteiger partial charge in [0.15, 0.2) is 0 Å². The average molecular weight is 275 g/mol. The van der Waals surface area contributed by atoms with E-state index >= 15 is 0 Å². The number of ether oxygens (including phenoxy) is 1. The maximum Gasteiger partial charge on any atom is 0.461 e. The molecule has 0 heterocycles. The molecule has 0 rings (SSSR count). The van der Waals surface area contributed by atoms with Gasteiger partial charge in [-0.1, -0.05) is 0 Å². The largest absolute Gasteiger partial charge is 0.465 e. The smallest absolute Gasteiger partial charge is 0.461 e. The number of rotatable bonds is 4. The first-order valence-electron chi connectivity index (χ1n) is 4.41. The van der Waals surface area contributed by atoms with Crippen LogP contribution in [0.5, 0.6) is 0 Å². The number of carbonyl (C=O) groups is 2. The van der Waals surface area contributed by atoms with Crippen LogP contribution in [-0.2, 0) is 14.3 Å². The molecule has 0 bridgehead atoms. The van der Waals surface area contributed by atoms with Crippen molar-refractivity contribution in [2.75, 3.05) is 21.2 Å². The van der Waals surface area contributed by atoms with E-state index in [2.05, 4.69) is 4.74 Å². The quantitative estimate of drug-likeness (QED) is 0.255. The number of alkyl halides is 5. The lowest BCUT2D eigenvalue weighted by atomic mass is 10.1. The van der Waals surface area contributed by atoms with E-state index in [0.717, 1.165) is 12.0 Å². The second-order valence-electron chi connectivity index (χ2n) is 3.40. The molecule has 9 heteroatoms. The fourth-order valence-electron chi connectivity index (χ4n) is 0.870. The molecule has 0 fully saturated rings. The second-order valence-corrected chi connectivity index (χ2v) is 3.40. The molecule has 0 saturated heterocycles. The number of hydrogen-bond donors (Lipinski definition) is 0. The number of carbonyl (C=O) groups excluding carboxylic acids is 2. The summed E-state index contributed by atoms with van der Waals surface area (Å²) in [7, 11) is 3.23. The van der Waals surface area contributed by atoms with Crippen molar-refractivity contribution < 1.29 is 36.3 Å². The molecule has 0 unspecified atom stereocenters. The minimum absolute atomic E-state index is 0.536. The molecule has 0 aromatic carbocycles. The van der Waals surface area contributed by atoms with Crippen LogP contribution in [0.3, 0.4) is 0 Å². The van der Waals surface area contributed by atoms with Gasteiger partial charge in [-0.15, -0.1) is 0 Å². The topological polar surface area (TPSA) is 46.6 Å². The Hall–Kier alpha value is -1.67. The van der Waals surface area contributed by atoms with Crippen LogP contribution in [0.1, 0.15) is 0 Å². The van der Waals surface area contributed by atoms with E-state index in [1.54, 1.807) is 0 Å². The summed E-state index contributed by atoms with van der Waals surface area (Å²) in [6.07, 6.45) is -5.54. The molecular weight excluding hydrogens is 265 g/mol. The Morgan fingerprint density at radius 1 is 1.11 bits per heavy atom. The molecule has 0 aliphatic carbocycles. The summed E-state index contributed by atoms with van der Waals surface area (Å²) in [4.78, 5) is 23.1. The highest BCUT2D eigenvalue weighted by atomic mass is 19.4. The van der Waals surface area contributed by atoms with Gasteiger partial charge in [0.25, 0.3) is 0 Å². The molecule has 0 N–H and O–H groups in total. The summed E-state index contributed by atoms with van der Waals surface area (Å²) >= 11 is 0. The van der Waals surface area contributed by atoms with Crippen LogP contribution in [0, 0.1) is 0 Å². The Labute approximate surface area is 99.0 Å². The van der Waals surface area contributed by atoms with E-state index in [1.807, 2.05) is 0 Å². The summed E-state index contributed by atoms with van der Waals surface area (Å²) in [5.41, 5.74) is -1.38. The Bertz CT molecular complexity index is 373. The Kier molecular flexibility index (Phi) is 4.82. The minimum Gasteiger partial charge on any atom is -0.465 e. The zero-order chi connectivity index (χ0) is 14.7. The number of halogens is 5. The lowest BCUT2D eigenvalue weighted by Crippen LogP contribution is -2.46. The van der Waals surface area contributed by atoms with Gasteiger partial charge in [-0.3, -0.25) is 4.79 Å². The number of methoxy groups -OCH3 is 1. The van der Waals surface area contributed by atoms with Gasteiger partial charge >= 0.3 is 18.1 Å². The minimum atomic E-state index is -6.08. The molecule has 0 radical (unpaired) electrons. The van der Waals surface area contributed by atoms with Gasteiger partial charge in [0.05, 0.1) is 7.11 Å². The molecule has 0 amide bonds. The molecule has 0 saturated carbocycles. The van der Waals surface area contributed by atoms with E-state index in [9.17, 15) is 31.5 Å². The molecule has 4 nitrogen and oxygen atoms in total. The van der Waals surface area contributed by atoms with Gasteiger partial charge in [-0.2, -0.15) is 22.0 Å². The first-order valence-corrected chi connectivity index (χ1v) is 4.41. The predicted octanol–water partition coefficient (Wildman–Crippen LogP) is 1.37. The maximum atomic E-state index is 12.8. The number of ketones is 1. The predicted molar refractivity (Wildman–Crippen MR) is 49.8 cm³/mol. The first-order chi connectivity index (χ1) is 7.95. The van der Waals surface area contributed by atoms with Gasteiger partial charge in [0.1, 0.15) is 5.57 Å². The molecule has 0 aliphatic heterocycles. The van der Waals surface area contributed by atoms with Crippen LogP contribution in [0.25, 0.3) is 0 Å². The van der Waals surface area contributed by atoms with E-state index in [4.69, 9.17) is 0 Å².